The monoisotopic (exact) mass is 601 g/mol. The zero-order chi connectivity index (χ0) is 33.4. The van der Waals surface area contributed by atoms with E-state index in [1.54, 1.807) is 12.2 Å². The van der Waals surface area contributed by atoms with Gasteiger partial charge in [0.2, 0.25) is 0 Å². The number of nitriles is 1. The van der Waals surface area contributed by atoms with Crippen molar-refractivity contribution in [1.29, 1.82) is 5.26 Å². The standard InChI is InChI=1S/C17H28O2.C13H23N.C8H17NO/c1-7-17(6,19-16(5)18)13-9-12-15(4)11-8-10-14(2)3;1-2-3-4-5-6-7-8-9-10-11-12-13-14;1-4-7(3)6-8(5-2)9-10/h7,10,12H,1,8-9,11,13H2,2-6H3;11-12H,2-10H2,1H3;7,10H,4-6H2,1-3H3. The largest absolute Gasteiger partial charge is 0.455 e. The maximum Gasteiger partial charge on any atom is 0.303 e. The molecule has 0 aliphatic heterocycles. The van der Waals surface area contributed by atoms with Crippen molar-refractivity contribution < 1.29 is 14.7 Å². The fraction of sp³-hybridized carbons (Fsp3) is 0.711. The predicted molar refractivity (Wildman–Crippen MR) is 188 cm³/mol. The van der Waals surface area contributed by atoms with E-state index in [0.717, 1.165) is 57.1 Å². The molecule has 0 fully saturated rings. The summed E-state index contributed by atoms with van der Waals surface area (Å²) in [7, 11) is 0. The van der Waals surface area contributed by atoms with Gasteiger partial charge in [0.1, 0.15) is 5.60 Å². The van der Waals surface area contributed by atoms with E-state index in [2.05, 4.69) is 65.4 Å². The first-order valence-electron chi connectivity index (χ1n) is 16.8. The fourth-order valence-electron chi connectivity index (χ4n) is 4.15. The first kappa shape index (κ1) is 44.8. The van der Waals surface area contributed by atoms with Crippen LogP contribution in [0.5, 0.6) is 0 Å². The summed E-state index contributed by atoms with van der Waals surface area (Å²) in [5.41, 5.74) is 3.10. The Kier molecular flexibility index (Phi) is 33.7. The first-order chi connectivity index (χ1) is 20.4. The van der Waals surface area contributed by atoms with Crippen molar-refractivity contribution >= 4 is 11.7 Å². The Morgan fingerprint density at radius 3 is 2.05 bits per heavy atom. The second-order valence-electron chi connectivity index (χ2n) is 12.1. The summed E-state index contributed by atoms with van der Waals surface area (Å²) in [5, 5.41) is 19.9. The zero-order valence-electron chi connectivity index (χ0n) is 29.6. The highest BCUT2D eigenvalue weighted by Crippen LogP contribution is 2.21. The highest BCUT2D eigenvalue weighted by Gasteiger charge is 2.22. The number of esters is 1. The SMILES string of the molecule is C=CC(C)(CCC=C(C)CCC=C(C)C)OC(C)=O.CCC(CC(C)CC)=NO.CCCCCCCCCCC=CC#N. The van der Waals surface area contributed by atoms with E-state index < -0.39 is 5.60 Å². The van der Waals surface area contributed by atoms with Crippen LogP contribution in [0.1, 0.15) is 165 Å². The molecule has 0 spiro atoms. The topological polar surface area (TPSA) is 82.7 Å². The molecule has 0 saturated heterocycles. The van der Waals surface area contributed by atoms with Gasteiger partial charge >= 0.3 is 5.97 Å². The summed E-state index contributed by atoms with van der Waals surface area (Å²) in [6.45, 7) is 22.0. The molecule has 0 radical (unpaired) electrons. The van der Waals surface area contributed by atoms with Crippen molar-refractivity contribution in [3.05, 3.63) is 48.1 Å². The quantitative estimate of drug-likeness (QED) is 0.0270. The summed E-state index contributed by atoms with van der Waals surface area (Å²) < 4.78 is 5.29. The van der Waals surface area contributed by atoms with Crippen LogP contribution in [-0.2, 0) is 9.53 Å². The normalized spacial score (nSPS) is 13.4. The molecule has 0 saturated carbocycles. The molecule has 1 N–H and O–H groups in total. The Labute approximate surface area is 267 Å². The number of hydrogen-bond acceptors (Lipinski definition) is 5. The molecule has 0 rings (SSSR count). The molecule has 5 heteroatoms. The predicted octanol–water partition coefficient (Wildman–Crippen LogP) is 12.2. The molecule has 0 aromatic heterocycles. The van der Waals surface area contributed by atoms with Gasteiger partial charge in [-0.1, -0.05) is 120 Å². The molecule has 0 aromatic rings. The molecule has 2 atom stereocenters. The van der Waals surface area contributed by atoms with Crippen LogP contribution in [0.25, 0.3) is 0 Å². The van der Waals surface area contributed by atoms with Crippen molar-refractivity contribution in [3.63, 3.8) is 0 Å². The molecule has 0 amide bonds. The molecule has 248 valence electrons. The van der Waals surface area contributed by atoms with Gasteiger partial charge in [0.15, 0.2) is 0 Å². The molecule has 0 heterocycles. The van der Waals surface area contributed by atoms with Crippen molar-refractivity contribution in [2.75, 3.05) is 0 Å². The van der Waals surface area contributed by atoms with Gasteiger partial charge in [-0.15, -0.1) is 0 Å². The summed E-state index contributed by atoms with van der Waals surface area (Å²) in [6.07, 6.45) is 28.5. The number of oxime groups is 1. The maximum atomic E-state index is 11.0. The molecule has 0 aromatic carbocycles. The summed E-state index contributed by atoms with van der Waals surface area (Å²) in [4.78, 5) is 11.0. The van der Waals surface area contributed by atoms with Gasteiger partial charge in [0.05, 0.1) is 11.8 Å². The molecular formula is C38H68N2O3. The highest BCUT2D eigenvalue weighted by molar-refractivity contribution is 5.83. The minimum absolute atomic E-state index is 0.258. The van der Waals surface area contributed by atoms with Gasteiger partial charge in [0.25, 0.3) is 0 Å². The third kappa shape index (κ3) is 35.5. The summed E-state index contributed by atoms with van der Waals surface area (Å²) in [6, 6.07) is 2.01. The molecule has 5 nitrogen and oxygen atoms in total. The van der Waals surface area contributed by atoms with Gasteiger partial charge in [-0.2, -0.15) is 5.26 Å². The van der Waals surface area contributed by atoms with Crippen LogP contribution in [0.4, 0.5) is 0 Å². The molecule has 43 heavy (non-hydrogen) atoms. The van der Waals surface area contributed by atoms with Gasteiger partial charge in [-0.25, -0.2) is 0 Å². The van der Waals surface area contributed by atoms with Crippen LogP contribution in [-0.4, -0.2) is 22.5 Å². The lowest BCUT2D eigenvalue weighted by molar-refractivity contribution is -0.151. The number of ether oxygens (including phenoxy) is 1. The second kappa shape index (κ2) is 32.3. The van der Waals surface area contributed by atoms with Gasteiger partial charge in [-0.05, 0) is 91.1 Å². The average molecular weight is 601 g/mol. The van der Waals surface area contributed by atoms with E-state index >= 15 is 0 Å². The summed E-state index contributed by atoms with van der Waals surface area (Å²) >= 11 is 0. The highest BCUT2D eigenvalue weighted by atomic mass is 16.6. The lowest BCUT2D eigenvalue weighted by Gasteiger charge is -2.24. The lowest BCUT2D eigenvalue weighted by atomic mass is 9.98. The Morgan fingerprint density at radius 2 is 1.58 bits per heavy atom. The van der Waals surface area contributed by atoms with Crippen molar-refractivity contribution in [1.82, 2.24) is 0 Å². The van der Waals surface area contributed by atoms with Crippen LogP contribution in [0.2, 0.25) is 0 Å². The first-order valence-corrected chi connectivity index (χ1v) is 16.8. The smallest absolute Gasteiger partial charge is 0.303 e. The zero-order valence-corrected chi connectivity index (χ0v) is 29.6. The number of carbonyl (C=O) groups is 1. The van der Waals surface area contributed by atoms with Gasteiger partial charge < -0.3 is 9.94 Å². The number of rotatable bonds is 21. The average Bonchev–Trinajstić information content (AvgIpc) is 2.96. The van der Waals surface area contributed by atoms with Gasteiger partial charge in [-0.3, -0.25) is 4.79 Å². The Bertz CT molecular complexity index is 844. The van der Waals surface area contributed by atoms with Gasteiger partial charge in [0, 0.05) is 13.0 Å². The minimum Gasteiger partial charge on any atom is -0.455 e. The van der Waals surface area contributed by atoms with Crippen LogP contribution in [0.15, 0.2) is 53.3 Å². The molecule has 0 bridgehead atoms. The molecule has 0 aliphatic carbocycles. The molecular weight excluding hydrogens is 532 g/mol. The van der Waals surface area contributed by atoms with Crippen LogP contribution in [0, 0.1) is 17.2 Å². The third-order valence-corrected chi connectivity index (χ3v) is 7.28. The van der Waals surface area contributed by atoms with E-state index in [9.17, 15) is 4.79 Å². The number of allylic oxidation sites excluding steroid dienone is 6. The number of unbranched alkanes of at least 4 members (excludes halogenated alkanes) is 8. The fourth-order valence-corrected chi connectivity index (χ4v) is 4.15. The van der Waals surface area contributed by atoms with E-state index in [1.165, 1.54) is 69.4 Å². The molecule has 0 aliphatic rings. The van der Waals surface area contributed by atoms with Crippen molar-refractivity contribution in [2.45, 2.75) is 171 Å². The van der Waals surface area contributed by atoms with Crippen LogP contribution < -0.4 is 0 Å². The van der Waals surface area contributed by atoms with Crippen molar-refractivity contribution in [2.24, 2.45) is 11.1 Å². The third-order valence-electron chi connectivity index (χ3n) is 7.28. The number of carbonyl (C=O) groups excluding carboxylic acids is 1. The Hall–Kier alpha value is -2.61. The van der Waals surface area contributed by atoms with E-state index in [0.29, 0.717) is 5.92 Å². The second-order valence-corrected chi connectivity index (χ2v) is 12.1. The van der Waals surface area contributed by atoms with E-state index in [-0.39, 0.29) is 5.97 Å². The minimum atomic E-state index is -0.553. The number of hydrogen-bond donors (Lipinski definition) is 1. The summed E-state index contributed by atoms with van der Waals surface area (Å²) in [5.74, 6) is 0.387. The van der Waals surface area contributed by atoms with E-state index in [1.807, 2.05) is 26.0 Å². The number of nitrogens with zero attached hydrogens (tertiary/aromatic N) is 2. The molecule has 2 unspecified atom stereocenters. The van der Waals surface area contributed by atoms with E-state index in [4.69, 9.17) is 15.2 Å². The maximum absolute atomic E-state index is 11.0. The Balaban J connectivity index is -0.000000588. The lowest BCUT2D eigenvalue weighted by Crippen LogP contribution is -2.27. The van der Waals surface area contributed by atoms with Crippen molar-refractivity contribution in [3.8, 4) is 6.07 Å². The van der Waals surface area contributed by atoms with Crippen LogP contribution in [0.3, 0.4) is 0 Å². The Morgan fingerprint density at radius 1 is 0.977 bits per heavy atom. The van der Waals surface area contributed by atoms with Crippen LogP contribution >= 0.6 is 0 Å².